The average Bonchev–Trinajstić information content (AvgIpc) is 2.54. The van der Waals surface area contributed by atoms with Crippen molar-refractivity contribution in [2.75, 3.05) is 32.2 Å². The monoisotopic (exact) mass is 300 g/mol. The van der Waals surface area contributed by atoms with Gasteiger partial charge in [0.15, 0.2) is 5.65 Å². The van der Waals surface area contributed by atoms with Gasteiger partial charge in [0.2, 0.25) is 0 Å². The smallest absolute Gasteiger partial charge is 0.282 e. The van der Waals surface area contributed by atoms with Crippen LogP contribution in [-0.2, 0) is 0 Å². The number of anilines is 1. The highest BCUT2D eigenvalue weighted by Crippen LogP contribution is 2.17. The summed E-state index contributed by atoms with van der Waals surface area (Å²) in [5.74, 6) is 1.24. The van der Waals surface area contributed by atoms with Crippen molar-refractivity contribution in [2.45, 2.75) is 0 Å². The predicted molar refractivity (Wildman–Crippen MR) is 83.7 cm³/mol. The molecule has 0 amide bonds. The van der Waals surface area contributed by atoms with Crippen LogP contribution in [0.5, 0.6) is 5.75 Å². The molecule has 0 spiro atoms. The molecule has 1 N–H and O–H groups in total. The van der Waals surface area contributed by atoms with Gasteiger partial charge in [0.25, 0.3) is 5.56 Å². The van der Waals surface area contributed by atoms with Crippen molar-refractivity contribution in [3.05, 3.63) is 40.7 Å². The van der Waals surface area contributed by atoms with E-state index in [-0.39, 0.29) is 12.2 Å². The Morgan fingerprint density at radius 2 is 2.14 bits per heavy atom. The Balaban J connectivity index is 2.23. The molecule has 0 aliphatic heterocycles. The van der Waals surface area contributed by atoms with E-state index in [0.29, 0.717) is 34.7 Å². The molecule has 0 aliphatic rings. The molecule has 22 heavy (non-hydrogen) atoms. The van der Waals surface area contributed by atoms with Crippen molar-refractivity contribution in [3.63, 3.8) is 0 Å². The lowest BCUT2D eigenvalue weighted by Gasteiger charge is -2.16. The Labute approximate surface area is 126 Å². The fourth-order valence-corrected chi connectivity index (χ4v) is 2.26. The van der Waals surface area contributed by atoms with Crippen LogP contribution in [0.3, 0.4) is 0 Å². The summed E-state index contributed by atoms with van der Waals surface area (Å²) in [4.78, 5) is 18.8. The summed E-state index contributed by atoms with van der Waals surface area (Å²) in [6.07, 6.45) is 0. The Morgan fingerprint density at radius 3 is 2.86 bits per heavy atom. The van der Waals surface area contributed by atoms with Gasteiger partial charge in [0.1, 0.15) is 11.6 Å². The molecule has 1 aromatic carbocycles. The van der Waals surface area contributed by atoms with E-state index in [0.717, 1.165) is 0 Å². The first-order chi connectivity index (χ1) is 10.6. The third-order valence-electron chi connectivity index (χ3n) is 3.49. The number of ether oxygens (including phenoxy) is 1. The highest BCUT2D eigenvalue weighted by Gasteiger charge is 2.10. The van der Waals surface area contributed by atoms with Crippen LogP contribution in [0, 0.1) is 0 Å². The zero-order chi connectivity index (χ0) is 15.7. The SMILES string of the molecule is COc1ccc2c(=O)n3nc(N(C)CCO)ccc3nc2c1. The van der Waals surface area contributed by atoms with Gasteiger partial charge in [0, 0.05) is 19.7 Å². The molecule has 0 unspecified atom stereocenters. The van der Waals surface area contributed by atoms with Crippen LogP contribution in [-0.4, -0.2) is 47.0 Å². The lowest BCUT2D eigenvalue weighted by Crippen LogP contribution is -2.25. The zero-order valence-electron chi connectivity index (χ0n) is 12.4. The van der Waals surface area contributed by atoms with Gasteiger partial charge in [-0.3, -0.25) is 4.79 Å². The normalized spacial score (nSPS) is 11.0. The molecule has 0 radical (unpaired) electrons. The van der Waals surface area contributed by atoms with Crippen molar-refractivity contribution in [1.29, 1.82) is 0 Å². The molecule has 0 saturated heterocycles. The van der Waals surface area contributed by atoms with Gasteiger partial charge >= 0.3 is 0 Å². The Hall–Kier alpha value is -2.67. The molecule has 3 rings (SSSR count). The topological polar surface area (TPSA) is 80.0 Å². The third kappa shape index (κ3) is 2.35. The van der Waals surface area contributed by atoms with Crippen molar-refractivity contribution in [1.82, 2.24) is 14.6 Å². The summed E-state index contributed by atoms with van der Waals surface area (Å²) in [5, 5.41) is 13.8. The second-order valence-corrected chi connectivity index (χ2v) is 4.91. The molecule has 3 aromatic rings. The van der Waals surface area contributed by atoms with Crippen LogP contribution in [0.1, 0.15) is 0 Å². The molecule has 114 valence electrons. The second kappa shape index (κ2) is 5.61. The first-order valence-corrected chi connectivity index (χ1v) is 6.84. The van der Waals surface area contributed by atoms with Gasteiger partial charge in [-0.1, -0.05) is 0 Å². The quantitative estimate of drug-likeness (QED) is 0.714. The number of rotatable bonds is 4. The van der Waals surface area contributed by atoms with Crippen LogP contribution in [0.25, 0.3) is 16.6 Å². The summed E-state index contributed by atoms with van der Waals surface area (Å²) in [5.41, 5.74) is 0.802. The van der Waals surface area contributed by atoms with Crippen molar-refractivity contribution in [3.8, 4) is 5.75 Å². The fraction of sp³-hybridized carbons (Fsp3) is 0.267. The van der Waals surface area contributed by atoms with E-state index in [1.807, 2.05) is 0 Å². The Bertz CT molecular complexity index is 891. The molecule has 0 atom stereocenters. The number of fused-ring (bicyclic) bond motifs is 2. The van der Waals surface area contributed by atoms with E-state index in [9.17, 15) is 4.79 Å². The zero-order valence-corrected chi connectivity index (χ0v) is 12.4. The van der Waals surface area contributed by atoms with Crippen LogP contribution < -0.4 is 15.2 Å². The maximum Gasteiger partial charge on any atom is 0.282 e. The maximum absolute atomic E-state index is 12.6. The maximum atomic E-state index is 12.6. The Kier molecular flexibility index (Phi) is 3.64. The number of aromatic nitrogens is 3. The molecule has 0 fully saturated rings. The van der Waals surface area contributed by atoms with Gasteiger partial charge in [0.05, 0.1) is 24.6 Å². The molecule has 2 aromatic heterocycles. The van der Waals surface area contributed by atoms with Crippen LogP contribution >= 0.6 is 0 Å². The largest absolute Gasteiger partial charge is 0.497 e. The molecule has 7 nitrogen and oxygen atoms in total. The van der Waals surface area contributed by atoms with Crippen molar-refractivity contribution < 1.29 is 9.84 Å². The Morgan fingerprint density at radius 1 is 1.32 bits per heavy atom. The van der Waals surface area contributed by atoms with E-state index in [1.54, 1.807) is 49.4 Å². The van der Waals surface area contributed by atoms with E-state index in [1.165, 1.54) is 4.52 Å². The van der Waals surface area contributed by atoms with Crippen LogP contribution in [0.15, 0.2) is 35.1 Å². The molecule has 0 saturated carbocycles. The molecule has 2 heterocycles. The van der Waals surface area contributed by atoms with E-state index >= 15 is 0 Å². The molecular formula is C15H16N4O3. The first-order valence-electron chi connectivity index (χ1n) is 6.84. The van der Waals surface area contributed by atoms with E-state index < -0.39 is 0 Å². The lowest BCUT2D eigenvalue weighted by molar-refractivity contribution is 0.303. The van der Waals surface area contributed by atoms with Crippen LogP contribution in [0.2, 0.25) is 0 Å². The number of methoxy groups -OCH3 is 1. The molecule has 0 bridgehead atoms. The summed E-state index contributed by atoms with van der Waals surface area (Å²) in [6.45, 7) is 0.451. The van der Waals surface area contributed by atoms with Crippen LogP contribution in [0.4, 0.5) is 5.82 Å². The number of aliphatic hydroxyl groups excluding tert-OH is 1. The molecule has 0 aliphatic carbocycles. The summed E-state index contributed by atoms with van der Waals surface area (Å²) < 4.78 is 6.43. The summed E-state index contributed by atoms with van der Waals surface area (Å²) in [7, 11) is 3.37. The average molecular weight is 300 g/mol. The summed E-state index contributed by atoms with van der Waals surface area (Å²) >= 11 is 0. The van der Waals surface area contributed by atoms with E-state index in [2.05, 4.69) is 10.1 Å². The van der Waals surface area contributed by atoms with Gasteiger partial charge in [-0.25, -0.2) is 4.98 Å². The van der Waals surface area contributed by atoms with Gasteiger partial charge < -0.3 is 14.7 Å². The lowest BCUT2D eigenvalue weighted by atomic mass is 10.2. The minimum Gasteiger partial charge on any atom is -0.497 e. The van der Waals surface area contributed by atoms with Gasteiger partial charge in [-0.15, -0.1) is 5.10 Å². The minimum absolute atomic E-state index is 0.0148. The number of hydrogen-bond donors (Lipinski definition) is 1. The molecular weight excluding hydrogens is 284 g/mol. The number of likely N-dealkylation sites (N-methyl/N-ethyl adjacent to an activating group) is 1. The minimum atomic E-state index is -0.234. The molecule has 7 heteroatoms. The van der Waals surface area contributed by atoms with Crippen molar-refractivity contribution in [2.24, 2.45) is 0 Å². The second-order valence-electron chi connectivity index (χ2n) is 4.91. The van der Waals surface area contributed by atoms with Gasteiger partial charge in [-0.2, -0.15) is 4.52 Å². The first kappa shape index (κ1) is 14.3. The van der Waals surface area contributed by atoms with E-state index in [4.69, 9.17) is 9.84 Å². The third-order valence-corrected chi connectivity index (χ3v) is 3.49. The fourth-order valence-electron chi connectivity index (χ4n) is 2.26. The van der Waals surface area contributed by atoms with Gasteiger partial charge in [-0.05, 0) is 24.3 Å². The summed E-state index contributed by atoms with van der Waals surface area (Å²) in [6, 6.07) is 8.63. The highest BCUT2D eigenvalue weighted by molar-refractivity contribution is 5.81. The number of hydrogen-bond acceptors (Lipinski definition) is 6. The number of nitrogens with zero attached hydrogens (tertiary/aromatic N) is 4. The predicted octanol–water partition coefficient (Wildman–Crippen LogP) is 0.680. The van der Waals surface area contributed by atoms with Crippen molar-refractivity contribution >= 4 is 22.4 Å². The number of benzene rings is 1. The highest BCUT2D eigenvalue weighted by atomic mass is 16.5. The number of aliphatic hydroxyl groups is 1. The standard InChI is InChI=1S/C15H16N4O3/c1-18(7-8-20)14-6-5-13-16-12-9-10(22-2)3-4-11(12)15(21)19(13)17-14/h3-6,9,20H,7-8H2,1-2H3.